The predicted octanol–water partition coefficient (Wildman–Crippen LogP) is 3.95. The van der Waals surface area contributed by atoms with Crippen molar-refractivity contribution < 1.29 is 8.42 Å². The van der Waals surface area contributed by atoms with Gasteiger partial charge in [0, 0.05) is 16.1 Å². The molecule has 0 radical (unpaired) electrons. The summed E-state index contributed by atoms with van der Waals surface area (Å²) >= 11 is 3.38. The van der Waals surface area contributed by atoms with E-state index in [1.807, 2.05) is 25.1 Å². The molecule has 0 aliphatic heterocycles. The number of para-hydroxylation sites is 1. The molecule has 0 N–H and O–H groups in total. The summed E-state index contributed by atoms with van der Waals surface area (Å²) < 4.78 is 27.7. The molecule has 0 spiro atoms. The first-order chi connectivity index (χ1) is 9.50. The minimum Gasteiger partial charge on any atom is -0.241 e. The van der Waals surface area contributed by atoms with Crippen LogP contribution in [0.1, 0.15) is 5.56 Å². The molecule has 0 aliphatic rings. The molecular formula is C15H12BrNO2S. The Bertz CT molecular complexity index is 897. The lowest BCUT2D eigenvalue weighted by Crippen LogP contribution is -2.11. The van der Waals surface area contributed by atoms with Gasteiger partial charge in [-0.15, -0.1) is 0 Å². The zero-order chi connectivity index (χ0) is 14.3. The largest absolute Gasteiger partial charge is 0.268 e. The number of aromatic nitrogens is 1. The number of rotatable bonds is 2. The van der Waals surface area contributed by atoms with E-state index in [1.54, 1.807) is 36.5 Å². The van der Waals surface area contributed by atoms with Crippen molar-refractivity contribution in [2.75, 3.05) is 0 Å². The zero-order valence-electron chi connectivity index (χ0n) is 10.7. The average molecular weight is 350 g/mol. The van der Waals surface area contributed by atoms with Crippen LogP contribution in [0.25, 0.3) is 10.9 Å². The van der Waals surface area contributed by atoms with Crippen LogP contribution in [0.5, 0.6) is 0 Å². The second-order valence-electron chi connectivity index (χ2n) is 4.59. The van der Waals surface area contributed by atoms with E-state index in [0.717, 1.165) is 15.4 Å². The van der Waals surface area contributed by atoms with Crippen molar-refractivity contribution in [2.24, 2.45) is 0 Å². The van der Waals surface area contributed by atoms with Gasteiger partial charge < -0.3 is 0 Å². The van der Waals surface area contributed by atoms with E-state index in [-0.39, 0.29) is 0 Å². The third kappa shape index (κ3) is 2.07. The molecule has 20 heavy (non-hydrogen) atoms. The van der Waals surface area contributed by atoms with Gasteiger partial charge in [-0.2, -0.15) is 0 Å². The molecule has 0 fully saturated rings. The number of nitrogens with zero attached hydrogens (tertiary/aromatic N) is 1. The van der Waals surface area contributed by atoms with Crippen LogP contribution in [0.4, 0.5) is 0 Å². The molecule has 5 heteroatoms. The van der Waals surface area contributed by atoms with Gasteiger partial charge in [0.25, 0.3) is 10.0 Å². The van der Waals surface area contributed by atoms with Crippen LogP contribution < -0.4 is 0 Å². The van der Waals surface area contributed by atoms with Crippen LogP contribution in [-0.4, -0.2) is 12.4 Å². The van der Waals surface area contributed by atoms with Crippen LogP contribution in [0.2, 0.25) is 0 Å². The normalized spacial score (nSPS) is 11.9. The van der Waals surface area contributed by atoms with Crippen molar-refractivity contribution in [3.05, 3.63) is 64.8 Å². The Hall–Kier alpha value is -1.59. The molecule has 0 saturated heterocycles. The smallest absolute Gasteiger partial charge is 0.241 e. The molecule has 0 atom stereocenters. The molecule has 0 saturated carbocycles. The van der Waals surface area contributed by atoms with E-state index in [2.05, 4.69) is 15.9 Å². The fourth-order valence-corrected chi connectivity index (χ4v) is 3.84. The summed E-state index contributed by atoms with van der Waals surface area (Å²) in [5.74, 6) is 0. The summed E-state index contributed by atoms with van der Waals surface area (Å²) in [6.07, 6.45) is 1.59. The van der Waals surface area contributed by atoms with Crippen molar-refractivity contribution in [1.82, 2.24) is 3.97 Å². The Kier molecular flexibility index (Phi) is 3.18. The van der Waals surface area contributed by atoms with Gasteiger partial charge in [-0.3, -0.25) is 0 Å². The lowest BCUT2D eigenvalue weighted by atomic mass is 10.2. The van der Waals surface area contributed by atoms with E-state index >= 15 is 0 Å². The second-order valence-corrected chi connectivity index (χ2v) is 7.26. The maximum Gasteiger partial charge on any atom is 0.268 e. The topological polar surface area (TPSA) is 39.1 Å². The molecule has 0 aliphatic carbocycles. The highest BCUT2D eigenvalue weighted by Gasteiger charge is 2.19. The Morgan fingerprint density at radius 1 is 1.05 bits per heavy atom. The Balaban J connectivity index is 2.23. The van der Waals surface area contributed by atoms with Crippen LogP contribution in [-0.2, 0) is 10.0 Å². The summed E-state index contributed by atoms with van der Waals surface area (Å²) in [5.41, 5.74) is 1.58. The van der Waals surface area contributed by atoms with E-state index in [1.165, 1.54) is 3.97 Å². The minimum absolute atomic E-state index is 0.291. The predicted molar refractivity (Wildman–Crippen MR) is 83.4 cm³/mol. The van der Waals surface area contributed by atoms with Gasteiger partial charge in [0.05, 0.1) is 10.4 Å². The third-order valence-corrected chi connectivity index (χ3v) is 5.83. The van der Waals surface area contributed by atoms with Gasteiger partial charge in [-0.05, 0) is 42.8 Å². The highest BCUT2D eigenvalue weighted by Crippen LogP contribution is 2.25. The van der Waals surface area contributed by atoms with E-state index in [0.29, 0.717) is 10.4 Å². The van der Waals surface area contributed by atoms with Crippen molar-refractivity contribution in [2.45, 2.75) is 11.8 Å². The first-order valence-corrected chi connectivity index (χ1v) is 8.31. The Morgan fingerprint density at radius 2 is 1.80 bits per heavy atom. The molecule has 3 rings (SSSR count). The monoisotopic (exact) mass is 349 g/mol. The van der Waals surface area contributed by atoms with Crippen molar-refractivity contribution in [1.29, 1.82) is 0 Å². The van der Waals surface area contributed by atoms with Crippen LogP contribution in [0, 0.1) is 6.92 Å². The third-order valence-electron chi connectivity index (χ3n) is 3.25. The molecule has 1 heterocycles. The molecule has 0 bridgehead atoms. The van der Waals surface area contributed by atoms with Crippen molar-refractivity contribution >= 4 is 36.9 Å². The standard InChI is InChI=1S/C15H12BrNO2S/c1-11-10-13(6-7-14(11)16)20(18,19)17-9-8-12-4-2-3-5-15(12)17/h2-10H,1H3. The molecule has 0 amide bonds. The van der Waals surface area contributed by atoms with Crippen molar-refractivity contribution in [3.63, 3.8) is 0 Å². The quantitative estimate of drug-likeness (QED) is 0.702. The van der Waals surface area contributed by atoms with E-state index < -0.39 is 10.0 Å². The molecular weight excluding hydrogens is 338 g/mol. The molecule has 2 aromatic carbocycles. The molecule has 0 unspecified atom stereocenters. The SMILES string of the molecule is Cc1cc(S(=O)(=O)n2ccc3ccccc32)ccc1Br. The summed E-state index contributed by atoms with van der Waals surface area (Å²) in [6, 6.07) is 14.3. The summed E-state index contributed by atoms with van der Waals surface area (Å²) in [6.45, 7) is 1.87. The Morgan fingerprint density at radius 3 is 2.55 bits per heavy atom. The van der Waals surface area contributed by atoms with Crippen LogP contribution in [0.3, 0.4) is 0 Å². The van der Waals surface area contributed by atoms with Crippen LogP contribution in [0.15, 0.2) is 64.1 Å². The van der Waals surface area contributed by atoms with Gasteiger partial charge in [0.2, 0.25) is 0 Å². The maximum atomic E-state index is 12.7. The minimum atomic E-state index is -3.57. The van der Waals surface area contributed by atoms with Gasteiger partial charge in [0.1, 0.15) is 0 Å². The summed E-state index contributed by atoms with van der Waals surface area (Å²) in [4.78, 5) is 0.291. The first kappa shape index (κ1) is 13.4. The van der Waals surface area contributed by atoms with E-state index in [4.69, 9.17) is 0 Å². The van der Waals surface area contributed by atoms with Gasteiger partial charge in [-0.1, -0.05) is 34.1 Å². The molecule has 1 aromatic heterocycles. The number of benzene rings is 2. The van der Waals surface area contributed by atoms with Gasteiger partial charge >= 0.3 is 0 Å². The summed E-state index contributed by atoms with van der Waals surface area (Å²) in [5, 5.41) is 0.907. The fourth-order valence-electron chi connectivity index (χ4n) is 2.16. The number of fused-ring (bicyclic) bond motifs is 1. The number of hydrogen-bond acceptors (Lipinski definition) is 2. The number of halogens is 1. The summed E-state index contributed by atoms with van der Waals surface area (Å²) in [7, 11) is -3.57. The van der Waals surface area contributed by atoms with E-state index in [9.17, 15) is 8.42 Å². The van der Waals surface area contributed by atoms with Gasteiger partial charge in [0.15, 0.2) is 0 Å². The van der Waals surface area contributed by atoms with Crippen molar-refractivity contribution in [3.8, 4) is 0 Å². The lowest BCUT2D eigenvalue weighted by molar-refractivity contribution is 0.589. The lowest BCUT2D eigenvalue weighted by Gasteiger charge is -2.09. The molecule has 3 nitrogen and oxygen atoms in total. The second kappa shape index (κ2) is 4.75. The average Bonchev–Trinajstić information content (AvgIpc) is 2.86. The van der Waals surface area contributed by atoms with Gasteiger partial charge in [-0.25, -0.2) is 12.4 Å². The Labute approximate surface area is 126 Å². The molecule has 102 valence electrons. The first-order valence-electron chi connectivity index (χ1n) is 6.08. The highest BCUT2D eigenvalue weighted by atomic mass is 79.9. The molecule has 3 aromatic rings. The number of hydrogen-bond donors (Lipinski definition) is 0. The van der Waals surface area contributed by atoms with Crippen LogP contribution >= 0.6 is 15.9 Å². The fraction of sp³-hybridized carbons (Fsp3) is 0.0667. The highest BCUT2D eigenvalue weighted by molar-refractivity contribution is 9.10. The number of aryl methyl sites for hydroxylation is 1. The maximum absolute atomic E-state index is 12.7. The zero-order valence-corrected chi connectivity index (χ0v) is 13.1.